The molecule has 0 aromatic heterocycles. The Kier molecular flexibility index (Phi) is 9.85. The molecule has 0 unspecified atom stereocenters. The molecule has 3 heteroatoms. The molecule has 4 rings (SSSR count). The minimum Gasteiger partial charge on any atom is -0.320 e. The average Bonchev–Trinajstić information content (AvgIpc) is 2.90. The van der Waals surface area contributed by atoms with Crippen LogP contribution in [0, 0.1) is 13.8 Å². The van der Waals surface area contributed by atoms with Crippen molar-refractivity contribution in [3.8, 4) is 0 Å². The van der Waals surface area contributed by atoms with Crippen molar-refractivity contribution in [3.63, 3.8) is 0 Å². The predicted octanol–water partition coefficient (Wildman–Crippen LogP) is 8.80. The van der Waals surface area contributed by atoms with E-state index in [-0.39, 0.29) is 0 Å². The fourth-order valence-corrected chi connectivity index (χ4v) is 6.48. The third kappa shape index (κ3) is 7.95. The fraction of sp³-hybridized carbons (Fsp3) is 0.353. The van der Waals surface area contributed by atoms with E-state index in [0.29, 0.717) is 0 Å². The van der Waals surface area contributed by atoms with Crippen LogP contribution in [-0.2, 0) is 13.1 Å². The smallest absolute Gasteiger partial charge is 0.104 e. The van der Waals surface area contributed by atoms with E-state index in [2.05, 4.69) is 123 Å². The number of unbranched alkanes of at least 4 members (excludes halogenated alkanes) is 1. The lowest BCUT2D eigenvalue weighted by Gasteiger charge is -2.37. The number of hydrogen-bond donors (Lipinski definition) is 0. The third-order valence-electron chi connectivity index (χ3n) is 7.59. The second kappa shape index (κ2) is 13.3. The number of nitrogens with zero attached hydrogens (tertiary/aromatic N) is 2. The predicted molar refractivity (Wildman–Crippen MR) is 162 cm³/mol. The first-order valence-electron chi connectivity index (χ1n) is 13.9. The lowest BCUT2D eigenvalue weighted by atomic mass is 10.1. The van der Waals surface area contributed by atoms with Gasteiger partial charge in [-0.2, -0.15) is 0 Å². The Hall–Kier alpha value is -2.59. The summed E-state index contributed by atoms with van der Waals surface area (Å²) in [5.74, 6) is 0. The molecule has 4 aromatic rings. The molecule has 0 amide bonds. The monoisotopic (exact) mass is 511 g/mol. The summed E-state index contributed by atoms with van der Waals surface area (Å²) in [6.45, 7) is 16.0. The summed E-state index contributed by atoms with van der Waals surface area (Å²) >= 11 is 1.90. The SMILES string of the molecule is CC[N+](CC)(CCCCN(Cc1ccccc1)Sc1ccc2ccccc2c1)Cc1cc(C)cc(C)c1. The fourth-order valence-electron chi connectivity index (χ4n) is 5.44. The zero-order valence-corrected chi connectivity index (χ0v) is 23.9. The van der Waals surface area contributed by atoms with Gasteiger partial charge in [0.25, 0.3) is 0 Å². The van der Waals surface area contributed by atoms with Crippen LogP contribution in [-0.4, -0.2) is 35.0 Å². The second-order valence-electron chi connectivity index (χ2n) is 10.5. The van der Waals surface area contributed by atoms with Gasteiger partial charge in [0.1, 0.15) is 6.54 Å². The summed E-state index contributed by atoms with van der Waals surface area (Å²) in [6.07, 6.45) is 2.45. The van der Waals surface area contributed by atoms with Crippen LogP contribution < -0.4 is 0 Å². The molecule has 0 N–H and O–H groups in total. The summed E-state index contributed by atoms with van der Waals surface area (Å²) in [5, 5.41) is 2.62. The van der Waals surface area contributed by atoms with Gasteiger partial charge in [0.15, 0.2) is 0 Å². The zero-order chi connectivity index (χ0) is 26.1. The molecule has 0 radical (unpaired) electrons. The molecule has 0 saturated carbocycles. The van der Waals surface area contributed by atoms with E-state index in [1.807, 2.05) is 11.9 Å². The first kappa shape index (κ1) is 27.4. The van der Waals surface area contributed by atoms with Gasteiger partial charge in [-0.15, -0.1) is 0 Å². The Morgan fingerprint density at radius 3 is 2.05 bits per heavy atom. The molecule has 0 aliphatic carbocycles. The summed E-state index contributed by atoms with van der Waals surface area (Å²) in [5.41, 5.74) is 5.61. The molecule has 0 aliphatic heterocycles. The van der Waals surface area contributed by atoms with Crippen LogP contribution in [0.1, 0.15) is 48.9 Å². The summed E-state index contributed by atoms with van der Waals surface area (Å²) in [6, 6.07) is 33.4. The van der Waals surface area contributed by atoms with Crippen LogP contribution in [0.2, 0.25) is 0 Å². The van der Waals surface area contributed by atoms with Gasteiger partial charge in [-0.1, -0.05) is 90.0 Å². The molecular weight excluding hydrogens is 468 g/mol. The van der Waals surface area contributed by atoms with Crippen LogP contribution in [0.3, 0.4) is 0 Å². The number of quaternary nitrogens is 1. The van der Waals surface area contributed by atoms with E-state index in [1.54, 1.807) is 0 Å². The van der Waals surface area contributed by atoms with E-state index in [0.717, 1.165) is 19.6 Å². The van der Waals surface area contributed by atoms with Crippen molar-refractivity contribution >= 4 is 22.7 Å². The van der Waals surface area contributed by atoms with E-state index in [1.165, 1.54) is 74.9 Å². The van der Waals surface area contributed by atoms with Crippen molar-refractivity contribution in [2.75, 3.05) is 26.2 Å². The number of fused-ring (bicyclic) bond motifs is 1. The van der Waals surface area contributed by atoms with E-state index < -0.39 is 0 Å². The first-order valence-corrected chi connectivity index (χ1v) is 14.6. The molecule has 0 aliphatic rings. The van der Waals surface area contributed by atoms with Crippen molar-refractivity contribution < 1.29 is 4.48 Å². The van der Waals surface area contributed by atoms with Gasteiger partial charge in [-0.25, -0.2) is 4.31 Å². The molecule has 2 nitrogen and oxygen atoms in total. The van der Waals surface area contributed by atoms with Crippen molar-refractivity contribution in [1.82, 2.24) is 4.31 Å². The lowest BCUT2D eigenvalue weighted by molar-refractivity contribution is -0.938. The highest BCUT2D eigenvalue weighted by Gasteiger charge is 2.23. The Labute approximate surface area is 229 Å². The van der Waals surface area contributed by atoms with E-state index >= 15 is 0 Å². The second-order valence-corrected chi connectivity index (χ2v) is 11.7. The Bertz CT molecular complexity index is 1240. The van der Waals surface area contributed by atoms with Crippen LogP contribution in [0.25, 0.3) is 10.8 Å². The highest BCUT2D eigenvalue weighted by Crippen LogP contribution is 2.28. The number of rotatable bonds is 13. The minimum atomic E-state index is 0.961. The third-order valence-corrected chi connectivity index (χ3v) is 8.62. The molecule has 4 aromatic carbocycles. The maximum Gasteiger partial charge on any atom is 0.104 e. The quantitative estimate of drug-likeness (QED) is 0.100. The van der Waals surface area contributed by atoms with Crippen molar-refractivity contribution in [2.45, 2.75) is 58.5 Å². The van der Waals surface area contributed by atoms with Crippen LogP contribution in [0.5, 0.6) is 0 Å². The molecule has 0 fully saturated rings. The molecular formula is C34H43N2S+. The van der Waals surface area contributed by atoms with Crippen molar-refractivity contribution in [1.29, 1.82) is 0 Å². The zero-order valence-electron chi connectivity index (χ0n) is 23.1. The topological polar surface area (TPSA) is 3.24 Å². The van der Waals surface area contributed by atoms with Crippen LogP contribution in [0.4, 0.5) is 0 Å². The summed E-state index contributed by atoms with van der Waals surface area (Å²) < 4.78 is 3.72. The molecule has 0 saturated heterocycles. The van der Waals surface area contributed by atoms with Gasteiger partial charge in [-0.05, 0) is 81.0 Å². The Balaban J connectivity index is 1.40. The molecule has 0 bridgehead atoms. The van der Waals surface area contributed by atoms with E-state index in [4.69, 9.17) is 0 Å². The Morgan fingerprint density at radius 1 is 0.676 bits per heavy atom. The van der Waals surface area contributed by atoms with Crippen LogP contribution >= 0.6 is 11.9 Å². The van der Waals surface area contributed by atoms with Crippen LogP contribution in [0.15, 0.2) is 95.9 Å². The minimum absolute atomic E-state index is 0.961. The molecule has 0 atom stereocenters. The number of hydrogen-bond acceptors (Lipinski definition) is 2. The van der Waals surface area contributed by atoms with Gasteiger partial charge in [0.05, 0.1) is 19.6 Å². The van der Waals surface area contributed by atoms with Gasteiger partial charge in [0, 0.05) is 23.5 Å². The highest BCUT2D eigenvalue weighted by atomic mass is 32.2. The molecule has 194 valence electrons. The van der Waals surface area contributed by atoms with E-state index in [9.17, 15) is 0 Å². The van der Waals surface area contributed by atoms with Gasteiger partial charge in [-0.3, -0.25) is 0 Å². The van der Waals surface area contributed by atoms with Crippen molar-refractivity contribution in [2.24, 2.45) is 0 Å². The maximum atomic E-state index is 2.55. The molecule has 0 heterocycles. The number of benzene rings is 4. The standard InChI is InChI=1S/C34H43N2S/c1-5-36(6-2,27-31-23-28(3)22-29(4)24-31)21-13-12-20-35(26-30-14-8-7-9-15-30)37-34-19-18-32-16-10-11-17-33(32)25-34/h7-11,14-19,22-25H,5-6,12-13,20-21,26-27H2,1-4H3/q+1. The average molecular weight is 512 g/mol. The lowest BCUT2D eigenvalue weighted by Crippen LogP contribution is -2.47. The van der Waals surface area contributed by atoms with Gasteiger partial charge >= 0.3 is 0 Å². The normalized spacial score (nSPS) is 11.9. The highest BCUT2D eigenvalue weighted by molar-refractivity contribution is 7.97. The number of aryl methyl sites for hydroxylation is 2. The summed E-state index contributed by atoms with van der Waals surface area (Å²) in [7, 11) is 0. The maximum absolute atomic E-state index is 2.55. The first-order chi connectivity index (χ1) is 18.0. The van der Waals surface area contributed by atoms with Gasteiger partial charge in [0.2, 0.25) is 0 Å². The largest absolute Gasteiger partial charge is 0.320 e. The molecule has 0 spiro atoms. The Morgan fingerprint density at radius 2 is 1.35 bits per heavy atom. The summed E-state index contributed by atoms with van der Waals surface area (Å²) in [4.78, 5) is 1.32. The molecule has 37 heavy (non-hydrogen) atoms. The van der Waals surface area contributed by atoms with Gasteiger partial charge < -0.3 is 4.48 Å². The van der Waals surface area contributed by atoms with Crippen molar-refractivity contribution in [3.05, 3.63) is 113 Å².